The summed E-state index contributed by atoms with van der Waals surface area (Å²) in [6.07, 6.45) is 51.2. The lowest BCUT2D eigenvalue weighted by molar-refractivity contribution is -0.591. The summed E-state index contributed by atoms with van der Waals surface area (Å²) in [5.74, 6) is 6.32. The lowest BCUT2D eigenvalue weighted by Crippen LogP contribution is -2.60. The number of nitrogens with zero attached hydrogens (tertiary/aromatic N) is 4. The maximum atomic E-state index is 11.4. The highest BCUT2D eigenvalue weighted by Crippen LogP contribution is 2.73. The molecule has 11 saturated carbocycles. The summed E-state index contributed by atoms with van der Waals surface area (Å²) >= 11 is 0. The summed E-state index contributed by atoms with van der Waals surface area (Å²) in [7, 11) is 0. The van der Waals surface area contributed by atoms with Gasteiger partial charge in [0, 0.05) is 48.5 Å². The highest BCUT2D eigenvalue weighted by molar-refractivity contribution is 5.56. The first-order valence-electron chi connectivity index (χ1n) is 45.9. The molecule has 0 aliphatic heterocycles. The Morgan fingerprint density at radius 1 is 0.342 bits per heavy atom. The number of hydrogen-bond donors (Lipinski definition) is 10. The Bertz CT molecular complexity index is 4130. The Hall–Kier alpha value is -5.10. The fraction of sp³-hybridized carbons (Fsp3) is 0.700. The van der Waals surface area contributed by atoms with Crippen molar-refractivity contribution >= 4 is 22.8 Å². The number of fused-ring (bicyclic) bond motifs is 20. The zero-order valence-corrected chi connectivity index (χ0v) is 70.2. The lowest BCUT2D eigenvalue weighted by atomic mass is 9.43. The van der Waals surface area contributed by atoms with Crippen LogP contribution in [0.1, 0.15) is 242 Å². The van der Waals surface area contributed by atoms with Crippen LogP contribution in [0.3, 0.4) is 0 Å². The molecule has 31 atom stereocenters. The molecule has 14 heteroatoms. The summed E-state index contributed by atoms with van der Waals surface area (Å²) in [6, 6.07) is 24.9. The molecule has 0 bridgehead atoms. The molecule has 10 N–H and O–H groups in total. The van der Waals surface area contributed by atoms with E-state index in [2.05, 4.69) is 190 Å². The van der Waals surface area contributed by atoms with Gasteiger partial charge in [-0.25, -0.2) is 0 Å². The molecule has 0 spiro atoms. The van der Waals surface area contributed by atoms with Crippen LogP contribution in [0, 0.1) is 132 Å². The number of pyridine rings is 4. The quantitative estimate of drug-likeness (QED) is 0.0594. The number of aliphatic hydroxyl groups excluding tert-OH is 10. The Balaban J connectivity index is 0.000000110. The van der Waals surface area contributed by atoms with Gasteiger partial charge in [0.2, 0.25) is 0 Å². The van der Waals surface area contributed by atoms with Gasteiger partial charge in [0.1, 0.15) is 0 Å². The summed E-state index contributed by atoms with van der Waals surface area (Å²) in [5.41, 5.74) is 10.4. The standard InChI is InChI=1S/C26H38NO2.C25H36NO3.C25H34NO2.C24H34NO3/c1-4-26-11-9-20-23(22(29)16-18-15-19(28)8-10-25(18,20)3)21(26)14-17(2)24(26)27-12-6-5-7-13-27;1-16-12-20-22-19(24(2)8-6-18(28)13-17(24)14-21(22)29)7-9-25(20,15-27)23(16)26-10-4-3-5-11-26;1-3-25-12-10-19-23(20(25)7-8-22(25)26-13-5-4-6-14-26)21(28)16-17-15-18(27)9-11-24(17,19)2;1-23-9-7-17(27)13-16(23)14-20(28)22-18(23)8-10-24(15-26)19(22)5-6-21(24)25-11-3-2-4-12-25/h5-7,12-13,18-23,28-29H,4,8-11,14-16H2,1-3H3;3-5,10-11,17-22,27-29H,6-9,12-15H2,1-2H3;4-6,8,13-14,16,18-21,23,27-28H,3,7,9-12,15H2,1-2H3;2-4,6,11-12,16-20,22,26-28H,5,7-10,13-15H2,1H3/q4*+1/t18?,19-,20-,21-,22-,23+,25-,26-;17?,18-,19-,20-,21-,22+,24-,25+;18-,19-,20-,21-,23+,24-,25-;16?,17-,18-,19-,20-,22+,23-,24+/m0000/s1. The Kier molecular flexibility index (Phi) is 22.2. The van der Waals surface area contributed by atoms with Crippen molar-refractivity contribution in [2.45, 2.75) is 290 Å². The second-order valence-electron chi connectivity index (χ2n) is 41.7. The van der Waals surface area contributed by atoms with Crippen molar-refractivity contribution in [2.24, 2.45) is 132 Å². The Morgan fingerprint density at radius 3 is 1.12 bits per heavy atom. The van der Waals surface area contributed by atoms with Crippen molar-refractivity contribution in [1.29, 1.82) is 0 Å². The molecule has 4 aromatic rings. The molecule has 11 fully saturated rings. The minimum atomic E-state index is -0.372. The van der Waals surface area contributed by atoms with Crippen molar-refractivity contribution < 1.29 is 69.3 Å². The molecule has 4 aromatic heterocycles. The fourth-order valence-electron chi connectivity index (χ4n) is 32.1. The summed E-state index contributed by atoms with van der Waals surface area (Å²) < 4.78 is 9.07. The molecule has 20 rings (SSSR count). The number of hydrogen-bond acceptors (Lipinski definition) is 10. The van der Waals surface area contributed by atoms with E-state index in [1.165, 1.54) is 65.2 Å². The molecule has 16 aliphatic rings. The van der Waals surface area contributed by atoms with E-state index in [1.807, 2.05) is 24.3 Å². The van der Waals surface area contributed by atoms with Gasteiger partial charge < -0.3 is 51.1 Å². The molecule has 114 heavy (non-hydrogen) atoms. The summed E-state index contributed by atoms with van der Waals surface area (Å²) in [6.45, 7) is 19.3. The number of allylic oxidation sites excluding steroid dienone is 6. The predicted molar refractivity (Wildman–Crippen MR) is 443 cm³/mol. The molecular formula is C100H142N4O10+4. The second kappa shape index (κ2) is 31.2. The van der Waals surface area contributed by atoms with E-state index in [9.17, 15) is 51.1 Å². The van der Waals surface area contributed by atoms with E-state index < -0.39 is 0 Å². The van der Waals surface area contributed by atoms with Crippen LogP contribution in [-0.2, 0) is 0 Å². The van der Waals surface area contributed by atoms with Crippen molar-refractivity contribution in [1.82, 2.24) is 0 Å². The van der Waals surface area contributed by atoms with E-state index in [0.717, 1.165) is 161 Å². The van der Waals surface area contributed by atoms with Crippen LogP contribution in [0.25, 0.3) is 22.8 Å². The van der Waals surface area contributed by atoms with Crippen LogP contribution < -0.4 is 18.3 Å². The van der Waals surface area contributed by atoms with Crippen LogP contribution in [0.5, 0.6) is 0 Å². The molecule has 0 amide bonds. The van der Waals surface area contributed by atoms with E-state index in [4.69, 9.17) is 0 Å². The molecule has 14 nitrogen and oxygen atoms in total. The minimum Gasteiger partial charge on any atom is -0.395 e. The maximum absolute atomic E-state index is 11.4. The topological polar surface area (TPSA) is 218 Å². The molecule has 0 saturated heterocycles. The lowest BCUT2D eigenvalue weighted by Gasteiger charge is -2.61. The minimum absolute atomic E-state index is 0.153. The monoisotopic (exact) mass is 1560 g/mol. The van der Waals surface area contributed by atoms with E-state index in [-0.39, 0.29) is 112 Å². The van der Waals surface area contributed by atoms with Crippen molar-refractivity contribution in [2.75, 3.05) is 13.2 Å². The van der Waals surface area contributed by atoms with E-state index in [1.54, 1.807) is 0 Å². The first kappa shape index (κ1) is 81.3. The van der Waals surface area contributed by atoms with Gasteiger partial charge in [-0.15, -0.1) is 0 Å². The smallest absolute Gasteiger partial charge is 0.194 e. The predicted octanol–water partition coefficient (Wildman–Crippen LogP) is 14.6. The largest absolute Gasteiger partial charge is 0.395 e. The molecule has 0 aromatic carbocycles. The van der Waals surface area contributed by atoms with Crippen LogP contribution in [0.15, 0.2) is 157 Å². The molecule has 3 unspecified atom stereocenters. The Morgan fingerprint density at radius 2 is 0.693 bits per heavy atom. The zero-order chi connectivity index (χ0) is 79.8. The number of rotatable bonds is 8. The molecule has 0 radical (unpaired) electrons. The Labute approximate surface area is 681 Å². The van der Waals surface area contributed by atoms with Crippen molar-refractivity contribution in [3.05, 3.63) is 157 Å². The maximum Gasteiger partial charge on any atom is 0.194 e. The van der Waals surface area contributed by atoms with Gasteiger partial charge in [0.05, 0.1) is 83.7 Å². The average Bonchev–Trinajstić information content (AvgIpc) is 1.43. The van der Waals surface area contributed by atoms with Gasteiger partial charge in [-0.1, -0.05) is 77.5 Å². The first-order chi connectivity index (χ1) is 54.8. The van der Waals surface area contributed by atoms with Crippen LogP contribution in [-0.4, -0.2) is 113 Å². The third-order valence-electron chi connectivity index (χ3n) is 37.6. The SMILES string of the molecule is CC1=C([n+]2ccccc2)[C@@]2(CO)CC[C@H]3[C@@H]([C@@H](O)CC4C[C@@H](O)CC[C@@]43C)[C@@H]2C1.CC[C@]12CC[C@H]3[C@@H]([C@@H](O)C=C4C[C@@H](O)CC[C@@]43C)[C@@H]1CC=C2[n+]1ccccc1.CC[C@]12CC[C@H]3[C@@H]([C@@H](O)CC4C[C@@H](O)CC[C@@]43C)[C@@H]1CC(C)=C2[n+]1ccccc1.C[C@]12CC[C@H](O)CC1C[C@H](O)[C@H]1[C@@H]3CC=C([n+]4ccccc4)[C@@]3(CO)CC[C@@H]12. The van der Waals surface area contributed by atoms with Gasteiger partial charge >= 0.3 is 0 Å². The van der Waals surface area contributed by atoms with Crippen molar-refractivity contribution in [3.8, 4) is 0 Å². The van der Waals surface area contributed by atoms with Crippen LogP contribution >= 0.6 is 0 Å². The van der Waals surface area contributed by atoms with E-state index in [0.29, 0.717) is 82.3 Å². The molecule has 4 heterocycles. The fourth-order valence-corrected chi connectivity index (χ4v) is 32.1. The molecule has 618 valence electrons. The van der Waals surface area contributed by atoms with Crippen LogP contribution in [0.2, 0.25) is 0 Å². The van der Waals surface area contributed by atoms with Crippen LogP contribution in [0.4, 0.5) is 0 Å². The summed E-state index contributed by atoms with van der Waals surface area (Å²) in [4.78, 5) is 0. The third kappa shape index (κ3) is 12.9. The normalized spacial score (nSPS) is 46.5. The van der Waals surface area contributed by atoms with Gasteiger partial charge in [0.25, 0.3) is 0 Å². The van der Waals surface area contributed by atoms with Gasteiger partial charge in [-0.2, -0.15) is 18.3 Å². The highest BCUT2D eigenvalue weighted by atomic mass is 16.3. The number of aromatic nitrogens is 4. The summed E-state index contributed by atoms with van der Waals surface area (Å²) in [5, 5.41) is 108. The molecule has 16 aliphatic carbocycles. The zero-order valence-electron chi connectivity index (χ0n) is 70.2. The average molecular weight is 1560 g/mol. The van der Waals surface area contributed by atoms with Gasteiger partial charge in [-0.05, 0) is 334 Å². The highest BCUT2D eigenvalue weighted by Gasteiger charge is 2.70. The van der Waals surface area contributed by atoms with Gasteiger partial charge in [0.15, 0.2) is 72.4 Å². The third-order valence-corrected chi connectivity index (χ3v) is 37.6. The van der Waals surface area contributed by atoms with E-state index >= 15 is 0 Å². The second-order valence-corrected chi connectivity index (χ2v) is 41.7. The first-order valence-corrected chi connectivity index (χ1v) is 45.9. The van der Waals surface area contributed by atoms with Crippen molar-refractivity contribution in [3.63, 3.8) is 0 Å². The molecular weight excluding hydrogens is 1420 g/mol. The van der Waals surface area contributed by atoms with Gasteiger partial charge in [-0.3, -0.25) is 0 Å². The number of aliphatic hydroxyl groups is 10.